The van der Waals surface area contributed by atoms with E-state index < -0.39 is 11.9 Å². The van der Waals surface area contributed by atoms with E-state index in [1.165, 1.54) is 25.4 Å². The predicted molar refractivity (Wildman–Crippen MR) is 51.2 cm³/mol. The fraction of sp³-hybridized carbons (Fsp3) is 0.333. The summed E-state index contributed by atoms with van der Waals surface area (Å²) < 4.78 is 0. The van der Waals surface area contributed by atoms with Crippen LogP contribution in [-0.2, 0) is 4.79 Å². The third kappa shape index (κ3) is 3.34. The molecule has 1 atom stereocenters. The molecule has 2 N–H and O–H groups in total. The lowest BCUT2D eigenvalue weighted by atomic mass is 10.2. The molecule has 80 valence electrons. The Morgan fingerprint density at radius 3 is 2.80 bits per heavy atom. The Hall–Kier alpha value is -1.98. The van der Waals surface area contributed by atoms with Crippen LogP contribution in [0.4, 0.5) is 0 Å². The van der Waals surface area contributed by atoms with Gasteiger partial charge in [-0.05, 0) is 6.07 Å². The van der Waals surface area contributed by atoms with E-state index in [2.05, 4.69) is 15.5 Å². The molecule has 1 heterocycles. The molecule has 1 unspecified atom stereocenters. The van der Waals surface area contributed by atoms with E-state index in [4.69, 9.17) is 5.11 Å². The molecule has 0 radical (unpaired) electrons. The minimum Gasteiger partial charge on any atom is -0.481 e. The minimum atomic E-state index is -0.942. The smallest absolute Gasteiger partial charge is 0.308 e. The Balaban J connectivity index is 2.47. The molecular weight excluding hydrogens is 198 g/mol. The fourth-order valence-electron chi connectivity index (χ4n) is 0.860. The fourth-order valence-corrected chi connectivity index (χ4v) is 0.860. The molecule has 0 fully saturated rings. The number of rotatable bonds is 4. The molecule has 1 aromatic rings. The lowest BCUT2D eigenvalue weighted by Crippen LogP contribution is -2.31. The van der Waals surface area contributed by atoms with E-state index in [-0.39, 0.29) is 12.5 Å². The maximum Gasteiger partial charge on any atom is 0.308 e. The quantitative estimate of drug-likeness (QED) is 0.724. The van der Waals surface area contributed by atoms with E-state index in [1.54, 1.807) is 0 Å². The monoisotopic (exact) mass is 209 g/mol. The lowest BCUT2D eigenvalue weighted by molar-refractivity contribution is -0.140. The van der Waals surface area contributed by atoms with Crippen molar-refractivity contribution in [3.63, 3.8) is 0 Å². The number of carboxylic acids is 1. The predicted octanol–water partition coefficient (Wildman–Crippen LogP) is -0.0729. The second kappa shape index (κ2) is 5.04. The van der Waals surface area contributed by atoms with Crippen LogP contribution in [0.5, 0.6) is 0 Å². The van der Waals surface area contributed by atoms with Gasteiger partial charge in [-0.1, -0.05) is 6.92 Å². The number of nitrogens with one attached hydrogen (secondary N) is 1. The van der Waals surface area contributed by atoms with Crippen molar-refractivity contribution in [3.8, 4) is 0 Å². The third-order valence-electron chi connectivity index (χ3n) is 1.84. The maximum absolute atomic E-state index is 11.4. The molecule has 0 aliphatic heterocycles. The van der Waals surface area contributed by atoms with Gasteiger partial charge >= 0.3 is 5.97 Å². The number of carbonyl (C=O) groups is 2. The van der Waals surface area contributed by atoms with Crippen molar-refractivity contribution in [2.24, 2.45) is 5.92 Å². The number of carboxylic acid groups (broad SMARTS) is 1. The largest absolute Gasteiger partial charge is 0.481 e. The lowest BCUT2D eigenvalue weighted by Gasteiger charge is -2.07. The SMILES string of the molecule is CC(CNC(=O)c1ccnnc1)C(=O)O. The minimum absolute atomic E-state index is 0.0937. The third-order valence-corrected chi connectivity index (χ3v) is 1.84. The van der Waals surface area contributed by atoms with Gasteiger partial charge in [0, 0.05) is 6.54 Å². The molecule has 1 rings (SSSR count). The zero-order chi connectivity index (χ0) is 11.3. The van der Waals surface area contributed by atoms with Crippen molar-refractivity contribution in [2.45, 2.75) is 6.92 Å². The van der Waals surface area contributed by atoms with Crippen LogP contribution < -0.4 is 5.32 Å². The molecule has 1 aromatic heterocycles. The van der Waals surface area contributed by atoms with Crippen molar-refractivity contribution < 1.29 is 14.7 Å². The van der Waals surface area contributed by atoms with Crippen LogP contribution in [0, 0.1) is 5.92 Å². The molecule has 0 aliphatic rings. The van der Waals surface area contributed by atoms with Crippen LogP contribution in [-0.4, -0.2) is 33.7 Å². The average Bonchev–Trinajstić information content (AvgIpc) is 2.26. The van der Waals surface area contributed by atoms with Crippen LogP contribution >= 0.6 is 0 Å². The van der Waals surface area contributed by atoms with E-state index in [1.807, 2.05) is 0 Å². The van der Waals surface area contributed by atoms with Crippen LogP contribution in [0.15, 0.2) is 18.5 Å². The first-order valence-corrected chi connectivity index (χ1v) is 4.39. The van der Waals surface area contributed by atoms with Gasteiger partial charge in [-0.15, -0.1) is 0 Å². The highest BCUT2D eigenvalue weighted by Gasteiger charge is 2.12. The first-order valence-electron chi connectivity index (χ1n) is 4.39. The Morgan fingerprint density at radius 2 is 2.27 bits per heavy atom. The van der Waals surface area contributed by atoms with E-state index >= 15 is 0 Å². The van der Waals surface area contributed by atoms with Crippen molar-refractivity contribution in [1.82, 2.24) is 15.5 Å². The van der Waals surface area contributed by atoms with Crippen LogP contribution in [0.3, 0.4) is 0 Å². The molecule has 6 heteroatoms. The van der Waals surface area contributed by atoms with Crippen molar-refractivity contribution in [1.29, 1.82) is 0 Å². The van der Waals surface area contributed by atoms with Gasteiger partial charge in [-0.2, -0.15) is 10.2 Å². The zero-order valence-corrected chi connectivity index (χ0v) is 8.17. The van der Waals surface area contributed by atoms with Crippen LogP contribution in [0.1, 0.15) is 17.3 Å². The van der Waals surface area contributed by atoms with Crippen LogP contribution in [0.2, 0.25) is 0 Å². The summed E-state index contributed by atoms with van der Waals surface area (Å²) in [5.74, 6) is -1.90. The topological polar surface area (TPSA) is 92.2 Å². The second-order valence-corrected chi connectivity index (χ2v) is 3.08. The van der Waals surface area contributed by atoms with Gasteiger partial charge in [0.2, 0.25) is 0 Å². The summed E-state index contributed by atoms with van der Waals surface area (Å²) in [5, 5.41) is 18.2. The zero-order valence-electron chi connectivity index (χ0n) is 8.17. The number of aliphatic carboxylic acids is 1. The number of amides is 1. The van der Waals surface area contributed by atoms with Gasteiger partial charge in [0.1, 0.15) is 0 Å². The second-order valence-electron chi connectivity index (χ2n) is 3.08. The van der Waals surface area contributed by atoms with E-state index in [0.29, 0.717) is 5.56 Å². The maximum atomic E-state index is 11.4. The van der Waals surface area contributed by atoms with E-state index in [0.717, 1.165) is 0 Å². The molecule has 15 heavy (non-hydrogen) atoms. The Labute approximate surface area is 86.3 Å². The van der Waals surface area contributed by atoms with Crippen molar-refractivity contribution >= 4 is 11.9 Å². The highest BCUT2D eigenvalue weighted by Crippen LogP contribution is 1.96. The van der Waals surface area contributed by atoms with Gasteiger partial charge in [0.05, 0.1) is 23.9 Å². The summed E-state index contributed by atoms with van der Waals surface area (Å²) in [4.78, 5) is 21.9. The standard InChI is InChI=1S/C9H11N3O3/c1-6(9(14)15)4-10-8(13)7-2-3-11-12-5-7/h2-3,5-6H,4H2,1H3,(H,10,13)(H,14,15). The van der Waals surface area contributed by atoms with Gasteiger partial charge in [0.25, 0.3) is 5.91 Å². The molecular formula is C9H11N3O3. The summed E-state index contributed by atoms with van der Waals surface area (Å²) >= 11 is 0. The molecule has 0 spiro atoms. The Kier molecular flexibility index (Phi) is 3.73. The molecule has 0 saturated carbocycles. The molecule has 0 bridgehead atoms. The van der Waals surface area contributed by atoms with Gasteiger partial charge in [-0.25, -0.2) is 0 Å². The summed E-state index contributed by atoms with van der Waals surface area (Å²) in [5.41, 5.74) is 0.364. The molecule has 0 aromatic carbocycles. The summed E-state index contributed by atoms with van der Waals surface area (Å²) in [6.45, 7) is 1.61. The molecule has 6 nitrogen and oxygen atoms in total. The van der Waals surface area contributed by atoms with Gasteiger partial charge in [0.15, 0.2) is 0 Å². The highest BCUT2D eigenvalue weighted by molar-refractivity contribution is 5.93. The number of hydrogen-bond acceptors (Lipinski definition) is 4. The van der Waals surface area contributed by atoms with Gasteiger partial charge in [-0.3, -0.25) is 9.59 Å². The first kappa shape index (κ1) is 11.1. The van der Waals surface area contributed by atoms with Crippen LogP contribution in [0.25, 0.3) is 0 Å². The Bertz CT molecular complexity index is 353. The van der Waals surface area contributed by atoms with Crippen molar-refractivity contribution in [2.75, 3.05) is 6.54 Å². The molecule has 1 amide bonds. The number of nitrogens with zero attached hydrogens (tertiary/aromatic N) is 2. The number of carbonyl (C=O) groups excluding carboxylic acids is 1. The summed E-state index contributed by atoms with van der Waals surface area (Å²) in [7, 11) is 0. The van der Waals surface area contributed by atoms with Crippen molar-refractivity contribution in [3.05, 3.63) is 24.0 Å². The number of aromatic nitrogens is 2. The molecule has 0 saturated heterocycles. The summed E-state index contributed by atoms with van der Waals surface area (Å²) in [6.07, 6.45) is 2.72. The van der Waals surface area contributed by atoms with E-state index in [9.17, 15) is 9.59 Å². The Morgan fingerprint density at radius 1 is 1.53 bits per heavy atom. The highest BCUT2D eigenvalue weighted by atomic mass is 16.4. The average molecular weight is 209 g/mol. The number of hydrogen-bond donors (Lipinski definition) is 2. The normalized spacial score (nSPS) is 11.8. The van der Waals surface area contributed by atoms with Gasteiger partial charge < -0.3 is 10.4 Å². The molecule has 0 aliphatic carbocycles. The summed E-state index contributed by atoms with van der Waals surface area (Å²) in [6, 6.07) is 1.51. The first-order chi connectivity index (χ1) is 7.11.